The number of nitrogens with zero attached hydrogens (tertiary/aromatic N) is 2. The Morgan fingerprint density at radius 1 is 0.862 bits per heavy atom. The molecule has 0 saturated heterocycles. The van der Waals surface area contributed by atoms with Crippen LogP contribution < -0.4 is 10.4 Å². The fourth-order valence-corrected chi connectivity index (χ4v) is 3.52. The molecule has 3 aromatic carbocycles. The van der Waals surface area contributed by atoms with E-state index < -0.39 is 6.10 Å². The first-order chi connectivity index (χ1) is 14.1. The SMILES string of the molecule is N=c1n(Cc2ccccc2)c2ccccc2n1C[C@H](O)COc1ccc(Cl)cc1. The standard InChI is InChI=1S/C23H22ClN3O2/c24-18-10-12-20(13-11-18)29-16-19(28)15-27-22-9-5-4-8-21(22)26(23(27)25)14-17-6-2-1-3-7-17/h1-13,19,25,28H,14-16H2/t19-/m0/s1. The molecule has 29 heavy (non-hydrogen) atoms. The predicted molar refractivity (Wildman–Crippen MR) is 114 cm³/mol. The largest absolute Gasteiger partial charge is 0.491 e. The topological polar surface area (TPSA) is 63.2 Å². The quantitative estimate of drug-likeness (QED) is 0.485. The molecule has 0 spiro atoms. The molecule has 148 valence electrons. The van der Waals surface area contributed by atoms with Crippen LogP contribution in [0.25, 0.3) is 11.0 Å². The van der Waals surface area contributed by atoms with Crippen LogP contribution in [0.3, 0.4) is 0 Å². The van der Waals surface area contributed by atoms with Gasteiger partial charge in [0.25, 0.3) is 0 Å². The normalized spacial score (nSPS) is 12.2. The first-order valence-corrected chi connectivity index (χ1v) is 9.82. The van der Waals surface area contributed by atoms with Gasteiger partial charge in [-0.15, -0.1) is 0 Å². The molecule has 2 N–H and O–H groups in total. The number of benzene rings is 3. The van der Waals surface area contributed by atoms with Crippen molar-refractivity contribution in [2.24, 2.45) is 0 Å². The highest BCUT2D eigenvalue weighted by molar-refractivity contribution is 6.30. The fourth-order valence-electron chi connectivity index (χ4n) is 3.39. The number of rotatable bonds is 7. The number of aliphatic hydroxyl groups excluding tert-OH is 1. The van der Waals surface area contributed by atoms with E-state index in [-0.39, 0.29) is 13.2 Å². The van der Waals surface area contributed by atoms with Gasteiger partial charge in [0, 0.05) is 5.02 Å². The second kappa shape index (κ2) is 8.55. The van der Waals surface area contributed by atoms with E-state index in [1.165, 1.54) is 0 Å². The van der Waals surface area contributed by atoms with E-state index in [0.29, 0.717) is 22.9 Å². The molecular weight excluding hydrogens is 386 g/mol. The smallest absolute Gasteiger partial charge is 0.203 e. The van der Waals surface area contributed by atoms with Crippen LogP contribution in [-0.4, -0.2) is 27.0 Å². The molecule has 0 amide bonds. The van der Waals surface area contributed by atoms with E-state index in [9.17, 15) is 5.11 Å². The van der Waals surface area contributed by atoms with E-state index in [0.717, 1.165) is 16.6 Å². The number of halogens is 1. The van der Waals surface area contributed by atoms with Crippen LogP contribution >= 0.6 is 11.6 Å². The summed E-state index contributed by atoms with van der Waals surface area (Å²) in [5, 5.41) is 19.9. The van der Waals surface area contributed by atoms with E-state index in [1.807, 2.05) is 63.7 Å². The van der Waals surface area contributed by atoms with Crippen LogP contribution in [0.4, 0.5) is 0 Å². The van der Waals surface area contributed by atoms with Gasteiger partial charge in [0.15, 0.2) is 0 Å². The zero-order valence-corrected chi connectivity index (χ0v) is 16.6. The molecule has 0 fully saturated rings. The van der Waals surface area contributed by atoms with Gasteiger partial charge in [-0.05, 0) is 42.0 Å². The van der Waals surface area contributed by atoms with Crippen LogP contribution in [-0.2, 0) is 13.1 Å². The third kappa shape index (κ3) is 4.36. The number of aliphatic hydroxyl groups is 1. The molecule has 0 unspecified atom stereocenters. The Bertz CT molecular complexity index is 1150. The number of hydrogen-bond acceptors (Lipinski definition) is 3. The lowest BCUT2D eigenvalue weighted by Gasteiger charge is -2.14. The maximum Gasteiger partial charge on any atom is 0.203 e. The summed E-state index contributed by atoms with van der Waals surface area (Å²) >= 11 is 5.88. The second-order valence-corrected chi connectivity index (χ2v) is 7.35. The summed E-state index contributed by atoms with van der Waals surface area (Å²) in [6, 6.07) is 25.0. The number of imidazole rings is 1. The van der Waals surface area contributed by atoms with Crippen LogP contribution in [0.2, 0.25) is 5.02 Å². The fraction of sp³-hybridized carbons (Fsp3) is 0.174. The number of aromatic nitrogens is 2. The van der Waals surface area contributed by atoms with Gasteiger partial charge in [-0.25, -0.2) is 0 Å². The maximum atomic E-state index is 10.5. The van der Waals surface area contributed by atoms with Gasteiger partial charge >= 0.3 is 0 Å². The maximum absolute atomic E-state index is 10.5. The van der Waals surface area contributed by atoms with Crippen molar-refractivity contribution in [3.8, 4) is 5.75 Å². The predicted octanol–water partition coefficient (Wildman–Crippen LogP) is 4.06. The molecule has 1 heterocycles. The van der Waals surface area contributed by atoms with Crippen LogP contribution in [0.15, 0.2) is 78.9 Å². The van der Waals surface area contributed by atoms with Gasteiger partial charge in [-0.2, -0.15) is 0 Å². The Labute approximate surface area is 173 Å². The zero-order chi connectivity index (χ0) is 20.2. The van der Waals surface area contributed by atoms with Crippen LogP contribution in [0, 0.1) is 5.41 Å². The van der Waals surface area contributed by atoms with E-state index in [2.05, 4.69) is 0 Å². The van der Waals surface area contributed by atoms with Crippen molar-refractivity contribution in [2.45, 2.75) is 19.2 Å². The third-order valence-electron chi connectivity index (χ3n) is 4.81. The Morgan fingerprint density at radius 3 is 2.17 bits per heavy atom. The van der Waals surface area contributed by atoms with E-state index >= 15 is 0 Å². The molecule has 6 heteroatoms. The van der Waals surface area contributed by atoms with Crippen molar-refractivity contribution < 1.29 is 9.84 Å². The molecule has 0 bridgehead atoms. The van der Waals surface area contributed by atoms with Crippen molar-refractivity contribution in [1.82, 2.24) is 9.13 Å². The van der Waals surface area contributed by atoms with Gasteiger partial charge < -0.3 is 19.0 Å². The Morgan fingerprint density at radius 2 is 1.48 bits per heavy atom. The molecule has 0 aliphatic heterocycles. The minimum absolute atomic E-state index is 0.131. The molecule has 0 saturated carbocycles. The third-order valence-corrected chi connectivity index (χ3v) is 5.06. The molecule has 5 nitrogen and oxygen atoms in total. The lowest BCUT2D eigenvalue weighted by Crippen LogP contribution is -2.31. The molecular formula is C23H22ClN3O2. The minimum atomic E-state index is -0.754. The van der Waals surface area contributed by atoms with Gasteiger partial charge in [0.05, 0.1) is 24.1 Å². The molecule has 4 rings (SSSR count). The first kappa shape index (κ1) is 19.3. The monoisotopic (exact) mass is 407 g/mol. The highest BCUT2D eigenvalue weighted by Gasteiger charge is 2.14. The van der Waals surface area contributed by atoms with Crippen molar-refractivity contribution in [3.05, 3.63) is 95.1 Å². The number of hydrogen-bond donors (Lipinski definition) is 2. The van der Waals surface area contributed by atoms with Crippen molar-refractivity contribution in [1.29, 1.82) is 5.41 Å². The van der Waals surface area contributed by atoms with Gasteiger partial charge in [0.1, 0.15) is 18.5 Å². The Balaban J connectivity index is 1.56. The van der Waals surface area contributed by atoms with Crippen molar-refractivity contribution in [2.75, 3.05) is 6.61 Å². The summed E-state index contributed by atoms with van der Waals surface area (Å²) in [6.07, 6.45) is -0.754. The number of fused-ring (bicyclic) bond motifs is 1. The molecule has 0 radical (unpaired) electrons. The summed E-state index contributed by atoms with van der Waals surface area (Å²) in [4.78, 5) is 0. The minimum Gasteiger partial charge on any atom is -0.491 e. The van der Waals surface area contributed by atoms with Crippen LogP contribution in [0.5, 0.6) is 5.75 Å². The molecule has 4 aromatic rings. The van der Waals surface area contributed by atoms with Crippen molar-refractivity contribution >= 4 is 22.6 Å². The van der Waals surface area contributed by atoms with E-state index in [4.69, 9.17) is 21.7 Å². The molecule has 1 atom stereocenters. The van der Waals surface area contributed by atoms with Crippen molar-refractivity contribution in [3.63, 3.8) is 0 Å². The summed E-state index contributed by atoms with van der Waals surface area (Å²) in [5.74, 6) is 0.649. The molecule has 1 aromatic heterocycles. The summed E-state index contributed by atoms with van der Waals surface area (Å²) in [6.45, 7) is 1.01. The van der Waals surface area contributed by atoms with Gasteiger partial charge in [-0.3, -0.25) is 5.41 Å². The highest BCUT2D eigenvalue weighted by Crippen LogP contribution is 2.17. The lowest BCUT2D eigenvalue weighted by molar-refractivity contribution is 0.0921. The summed E-state index contributed by atoms with van der Waals surface area (Å²) in [7, 11) is 0. The van der Waals surface area contributed by atoms with Crippen LogP contribution in [0.1, 0.15) is 5.56 Å². The lowest BCUT2D eigenvalue weighted by atomic mass is 10.2. The Kier molecular flexibility index (Phi) is 5.69. The average molecular weight is 408 g/mol. The highest BCUT2D eigenvalue weighted by atomic mass is 35.5. The molecule has 0 aliphatic carbocycles. The average Bonchev–Trinajstić information content (AvgIpc) is 3.00. The van der Waals surface area contributed by atoms with Gasteiger partial charge in [0.2, 0.25) is 5.62 Å². The van der Waals surface area contributed by atoms with E-state index in [1.54, 1.807) is 24.3 Å². The van der Waals surface area contributed by atoms with Gasteiger partial charge in [-0.1, -0.05) is 54.1 Å². The first-order valence-electron chi connectivity index (χ1n) is 9.45. The number of nitrogens with one attached hydrogen (secondary N) is 1. The summed E-state index contributed by atoms with van der Waals surface area (Å²) < 4.78 is 9.44. The Hall–Kier alpha value is -3.02. The second-order valence-electron chi connectivity index (χ2n) is 6.91. The summed E-state index contributed by atoms with van der Waals surface area (Å²) in [5.41, 5.74) is 3.35. The number of para-hydroxylation sites is 2. The number of ether oxygens (including phenoxy) is 1. The molecule has 0 aliphatic rings. The zero-order valence-electron chi connectivity index (χ0n) is 15.8.